The molecule has 102 valence electrons. The molecule has 0 amide bonds. The van der Waals surface area contributed by atoms with Gasteiger partial charge < -0.3 is 5.11 Å². The predicted octanol–water partition coefficient (Wildman–Crippen LogP) is 4.64. The van der Waals surface area contributed by atoms with Gasteiger partial charge in [-0.15, -0.1) is 22.7 Å². The van der Waals surface area contributed by atoms with Crippen molar-refractivity contribution in [3.8, 4) is 22.4 Å². The molecule has 0 fully saturated rings. The van der Waals surface area contributed by atoms with Gasteiger partial charge in [-0.25, -0.2) is 4.98 Å². The maximum Gasteiger partial charge on any atom is 0.134 e. The van der Waals surface area contributed by atoms with Gasteiger partial charge in [0.25, 0.3) is 0 Å². The molecule has 3 aromatic rings. The van der Waals surface area contributed by atoms with E-state index in [1.54, 1.807) is 41.7 Å². The second kappa shape index (κ2) is 5.92. The molecule has 0 aliphatic heterocycles. The van der Waals surface area contributed by atoms with Crippen LogP contribution in [0.15, 0.2) is 47.2 Å². The quantitative estimate of drug-likeness (QED) is 0.717. The Balaban J connectivity index is 1.94. The van der Waals surface area contributed by atoms with Gasteiger partial charge in [0, 0.05) is 5.38 Å². The summed E-state index contributed by atoms with van der Waals surface area (Å²) in [6.45, 7) is 0. The molecule has 0 radical (unpaired) electrons. The van der Waals surface area contributed by atoms with E-state index in [-0.39, 0.29) is 5.75 Å². The van der Waals surface area contributed by atoms with E-state index in [1.165, 1.54) is 11.3 Å². The van der Waals surface area contributed by atoms with E-state index in [9.17, 15) is 10.4 Å². The van der Waals surface area contributed by atoms with Crippen LogP contribution in [0.5, 0.6) is 5.75 Å². The number of rotatable bonds is 3. The minimum absolute atomic E-state index is 0.208. The Kier molecular flexibility index (Phi) is 3.82. The summed E-state index contributed by atoms with van der Waals surface area (Å²) in [5.74, 6) is 0.208. The molecule has 2 aromatic heterocycles. The SMILES string of the molecule is N#C/C(=C/c1ccc(O)cc1)c1nc(-c2cccs2)cs1. The molecule has 1 aromatic carbocycles. The summed E-state index contributed by atoms with van der Waals surface area (Å²) < 4.78 is 0. The highest BCUT2D eigenvalue weighted by Gasteiger charge is 2.09. The molecule has 21 heavy (non-hydrogen) atoms. The monoisotopic (exact) mass is 310 g/mol. The highest BCUT2D eigenvalue weighted by atomic mass is 32.1. The molecule has 2 heterocycles. The van der Waals surface area contributed by atoms with Gasteiger partial charge in [0.2, 0.25) is 0 Å². The molecule has 0 aliphatic carbocycles. The molecule has 0 unspecified atom stereocenters. The summed E-state index contributed by atoms with van der Waals surface area (Å²) in [5, 5.41) is 23.3. The van der Waals surface area contributed by atoms with Gasteiger partial charge in [-0.2, -0.15) is 5.26 Å². The molecule has 0 saturated heterocycles. The summed E-state index contributed by atoms with van der Waals surface area (Å²) in [6, 6.07) is 12.9. The van der Waals surface area contributed by atoms with E-state index in [2.05, 4.69) is 11.1 Å². The third-order valence-electron chi connectivity index (χ3n) is 2.83. The summed E-state index contributed by atoms with van der Waals surface area (Å²) >= 11 is 3.09. The van der Waals surface area contributed by atoms with Crippen molar-refractivity contribution in [1.29, 1.82) is 5.26 Å². The lowest BCUT2D eigenvalue weighted by atomic mass is 10.1. The Morgan fingerprint density at radius 1 is 1.19 bits per heavy atom. The van der Waals surface area contributed by atoms with Crippen LogP contribution in [-0.2, 0) is 0 Å². The summed E-state index contributed by atoms with van der Waals surface area (Å²) in [4.78, 5) is 5.62. The number of aromatic hydroxyl groups is 1. The molecule has 0 bridgehead atoms. The number of phenols is 1. The van der Waals surface area contributed by atoms with E-state index < -0.39 is 0 Å². The first kappa shape index (κ1) is 13.6. The van der Waals surface area contributed by atoms with Crippen LogP contribution in [0.1, 0.15) is 10.6 Å². The maximum atomic E-state index is 9.34. The number of hydrogen-bond acceptors (Lipinski definition) is 5. The van der Waals surface area contributed by atoms with Crippen LogP contribution in [-0.4, -0.2) is 10.1 Å². The molecule has 3 nitrogen and oxygen atoms in total. The fourth-order valence-corrected chi connectivity index (χ4v) is 3.36. The number of benzene rings is 1. The topological polar surface area (TPSA) is 56.9 Å². The maximum absolute atomic E-state index is 9.34. The Hall–Kier alpha value is -2.42. The zero-order chi connectivity index (χ0) is 14.7. The van der Waals surface area contributed by atoms with Crippen molar-refractivity contribution in [3.05, 3.63) is 57.7 Å². The van der Waals surface area contributed by atoms with Crippen molar-refractivity contribution in [2.45, 2.75) is 0 Å². The fourth-order valence-electron chi connectivity index (χ4n) is 1.81. The van der Waals surface area contributed by atoms with E-state index in [4.69, 9.17) is 0 Å². The van der Waals surface area contributed by atoms with E-state index >= 15 is 0 Å². The van der Waals surface area contributed by atoms with Crippen LogP contribution in [0.4, 0.5) is 0 Å². The fraction of sp³-hybridized carbons (Fsp3) is 0. The molecule has 0 atom stereocenters. The summed E-state index contributed by atoms with van der Waals surface area (Å²) in [7, 11) is 0. The van der Waals surface area contributed by atoms with Crippen LogP contribution in [0.25, 0.3) is 22.2 Å². The van der Waals surface area contributed by atoms with Crippen molar-refractivity contribution in [3.63, 3.8) is 0 Å². The predicted molar refractivity (Wildman–Crippen MR) is 87.0 cm³/mol. The second-order valence-corrected chi connectivity index (χ2v) is 6.08. The highest BCUT2D eigenvalue weighted by Crippen LogP contribution is 2.29. The lowest BCUT2D eigenvalue weighted by Gasteiger charge is -1.96. The van der Waals surface area contributed by atoms with Crippen LogP contribution >= 0.6 is 22.7 Å². The van der Waals surface area contributed by atoms with Gasteiger partial charge >= 0.3 is 0 Å². The molecule has 0 saturated carbocycles. The van der Waals surface area contributed by atoms with Crippen LogP contribution < -0.4 is 0 Å². The molecule has 3 rings (SSSR count). The molecule has 1 N–H and O–H groups in total. The molecule has 5 heteroatoms. The first-order chi connectivity index (χ1) is 10.3. The largest absolute Gasteiger partial charge is 0.508 e. The lowest BCUT2D eigenvalue weighted by molar-refractivity contribution is 0.475. The van der Waals surface area contributed by atoms with Crippen LogP contribution in [0.3, 0.4) is 0 Å². The standard InChI is InChI=1S/C16H10N2OS2/c17-9-12(8-11-3-5-13(19)6-4-11)16-18-14(10-21-16)15-2-1-7-20-15/h1-8,10,19H/b12-8-. The van der Waals surface area contributed by atoms with Gasteiger partial charge in [-0.1, -0.05) is 18.2 Å². The van der Waals surface area contributed by atoms with Gasteiger partial charge in [-0.05, 0) is 35.2 Å². The highest BCUT2D eigenvalue weighted by molar-refractivity contribution is 7.14. The number of thiazole rings is 1. The van der Waals surface area contributed by atoms with Gasteiger partial charge in [0.15, 0.2) is 0 Å². The number of nitrogens with zero attached hydrogens (tertiary/aromatic N) is 2. The van der Waals surface area contributed by atoms with E-state index in [1.807, 2.05) is 22.9 Å². The van der Waals surface area contributed by atoms with Gasteiger partial charge in [0.1, 0.15) is 16.8 Å². The van der Waals surface area contributed by atoms with Crippen molar-refractivity contribution >= 4 is 34.3 Å². The molecular formula is C16H10N2OS2. The van der Waals surface area contributed by atoms with Crippen molar-refractivity contribution < 1.29 is 5.11 Å². The molecular weight excluding hydrogens is 300 g/mol. The number of thiophene rings is 1. The van der Waals surface area contributed by atoms with Crippen molar-refractivity contribution in [1.82, 2.24) is 4.98 Å². The first-order valence-electron chi connectivity index (χ1n) is 6.17. The number of nitriles is 1. The smallest absolute Gasteiger partial charge is 0.134 e. The minimum atomic E-state index is 0.208. The number of aromatic nitrogens is 1. The minimum Gasteiger partial charge on any atom is -0.508 e. The zero-order valence-corrected chi connectivity index (χ0v) is 12.5. The number of allylic oxidation sites excluding steroid dienone is 1. The van der Waals surface area contributed by atoms with E-state index in [0.717, 1.165) is 16.1 Å². The Labute approximate surface area is 130 Å². The molecule has 0 aliphatic rings. The Morgan fingerprint density at radius 3 is 2.67 bits per heavy atom. The average Bonchev–Trinajstić information content (AvgIpc) is 3.17. The molecule has 0 spiro atoms. The average molecular weight is 310 g/mol. The summed E-state index contributed by atoms with van der Waals surface area (Å²) in [5.41, 5.74) is 2.28. The first-order valence-corrected chi connectivity index (χ1v) is 7.93. The summed E-state index contributed by atoms with van der Waals surface area (Å²) in [6.07, 6.45) is 1.77. The van der Waals surface area contributed by atoms with Crippen molar-refractivity contribution in [2.24, 2.45) is 0 Å². The van der Waals surface area contributed by atoms with Crippen LogP contribution in [0.2, 0.25) is 0 Å². The van der Waals surface area contributed by atoms with Crippen molar-refractivity contribution in [2.75, 3.05) is 0 Å². The Morgan fingerprint density at radius 2 is 2.00 bits per heavy atom. The second-order valence-electron chi connectivity index (χ2n) is 4.28. The van der Waals surface area contributed by atoms with Gasteiger partial charge in [0.05, 0.1) is 16.1 Å². The third kappa shape index (κ3) is 3.02. The number of phenolic OH excluding ortho intramolecular Hbond substituents is 1. The van der Waals surface area contributed by atoms with Crippen LogP contribution in [0, 0.1) is 11.3 Å². The normalized spacial score (nSPS) is 11.3. The Bertz CT molecular complexity index is 809. The third-order valence-corrected chi connectivity index (χ3v) is 4.60. The zero-order valence-electron chi connectivity index (χ0n) is 10.9. The van der Waals surface area contributed by atoms with Gasteiger partial charge in [-0.3, -0.25) is 0 Å². The lowest BCUT2D eigenvalue weighted by Crippen LogP contribution is -1.81. The number of hydrogen-bond donors (Lipinski definition) is 1. The van der Waals surface area contributed by atoms with E-state index in [0.29, 0.717) is 10.6 Å².